The molecule has 0 heteroatoms. The second-order valence-electron chi connectivity index (χ2n) is 16.7. The van der Waals surface area contributed by atoms with Crippen LogP contribution in [0.1, 0.15) is 137 Å². The maximum atomic E-state index is 2.78. The summed E-state index contributed by atoms with van der Waals surface area (Å²) in [5, 5.41) is 0. The normalized spacial score (nSPS) is 47.8. The van der Waals surface area contributed by atoms with Crippen molar-refractivity contribution in [1.82, 2.24) is 0 Å². The van der Waals surface area contributed by atoms with Gasteiger partial charge in [0.2, 0.25) is 0 Å². The molecule has 3 aliphatic rings. The van der Waals surface area contributed by atoms with E-state index in [1.807, 2.05) is 0 Å². The van der Waals surface area contributed by atoms with Crippen LogP contribution in [0.5, 0.6) is 0 Å². The van der Waals surface area contributed by atoms with E-state index in [0.29, 0.717) is 16.2 Å². The van der Waals surface area contributed by atoms with Gasteiger partial charge in [-0.05, 0) is 72.4 Å². The zero-order valence-electron chi connectivity index (χ0n) is 24.9. The molecule has 4 atom stereocenters. The Morgan fingerprint density at radius 2 is 0.903 bits per heavy atom. The van der Waals surface area contributed by atoms with Gasteiger partial charge in [-0.3, -0.25) is 0 Å². The molecule has 3 rings (SSSR count). The minimum absolute atomic E-state index is 0.219. The fraction of sp³-hybridized carbons (Fsp3) is 1.00. The average molecular weight is 431 g/mol. The Hall–Kier alpha value is 0. The van der Waals surface area contributed by atoms with Gasteiger partial charge in [-0.25, -0.2) is 0 Å². The molecule has 0 aromatic rings. The van der Waals surface area contributed by atoms with Crippen LogP contribution in [0.3, 0.4) is 0 Å². The predicted molar refractivity (Wildman–Crippen MR) is 138 cm³/mol. The highest BCUT2D eigenvalue weighted by Gasteiger charge is 2.93. The molecule has 0 heterocycles. The fourth-order valence-electron chi connectivity index (χ4n) is 12.6. The van der Waals surface area contributed by atoms with Gasteiger partial charge in [0.25, 0.3) is 0 Å². The van der Waals surface area contributed by atoms with Crippen LogP contribution in [0.15, 0.2) is 0 Å². The Labute approximate surface area is 197 Å². The second-order valence-corrected chi connectivity index (χ2v) is 16.7. The van der Waals surface area contributed by atoms with Crippen molar-refractivity contribution in [2.24, 2.45) is 59.6 Å². The van der Waals surface area contributed by atoms with E-state index < -0.39 is 0 Å². The lowest BCUT2D eigenvalue weighted by molar-refractivity contribution is -0.406. The van der Waals surface area contributed by atoms with Crippen molar-refractivity contribution in [1.29, 1.82) is 0 Å². The van der Waals surface area contributed by atoms with Gasteiger partial charge < -0.3 is 0 Å². The van der Waals surface area contributed by atoms with Gasteiger partial charge in [0.15, 0.2) is 0 Å². The maximum Gasteiger partial charge on any atom is -0.0143 e. The highest BCUT2D eigenvalue weighted by molar-refractivity contribution is 5.40. The molecule has 0 nitrogen and oxygen atoms in total. The van der Waals surface area contributed by atoms with Crippen molar-refractivity contribution in [2.45, 2.75) is 137 Å². The minimum atomic E-state index is 0.219. The van der Waals surface area contributed by atoms with Gasteiger partial charge in [-0.2, -0.15) is 0 Å². The lowest BCUT2D eigenvalue weighted by Crippen LogP contribution is -2.83. The Balaban J connectivity index is 2.54. The molecular weight excluding hydrogens is 372 g/mol. The Kier molecular flexibility index (Phi) is 4.51. The van der Waals surface area contributed by atoms with E-state index in [-0.39, 0.29) is 43.3 Å². The Morgan fingerprint density at radius 3 is 1.23 bits per heavy atom. The molecule has 2 bridgehead atoms. The van der Waals surface area contributed by atoms with Crippen molar-refractivity contribution < 1.29 is 0 Å². The smallest absolute Gasteiger partial charge is 0.0143 e. The molecule has 182 valence electrons. The van der Waals surface area contributed by atoms with Crippen LogP contribution in [-0.4, -0.2) is 0 Å². The molecule has 0 aliphatic heterocycles. The molecule has 0 aromatic carbocycles. The summed E-state index contributed by atoms with van der Waals surface area (Å²) in [5.74, 6) is 0. The molecule has 4 unspecified atom stereocenters. The Morgan fingerprint density at radius 1 is 0.516 bits per heavy atom. The van der Waals surface area contributed by atoms with Crippen molar-refractivity contribution in [3.8, 4) is 0 Å². The van der Waals surface area contributed by atoms with E-state index in [9.17, 15) is 0 Å². The molecule has 0 amide bonds. The molecule has 0 N–H and O–H groups in total. The zero-order chi connectivity index (χ0) is 24.9. The van der Waals surface area contributed by atoms with Gasteiger partial charge in [-0.15, -0.1) is 0 Å². The summed E-state index contributed by atoms with van der Waals surface area (Å²) in [6.07, 6.45) is 2.64. The van der Waals surface area contributed by atoms with E-state index >= 15 is 0 Å². The van der Waals surface area contributed by atoms with Gasteiger partial charge in [0.1, 0.15) is 0 Å². The number of hydrogen-bond donors (Lipinski definition) is 0. The number of fused-ring (bicyclic) bond motifs is 2. The first-order valence-corrected chi connectivity index (χ1v) is 13.3. The van der Waals surface area contributed by atoms with Crippen LogP contribution in [0, 0.1) is 59.6 Å². The summed E-state index contributed by atoms with van der Waals surface area (Å²) in [6, 6.07) is 0. The lowest BCUT2D eigenvalue weighted by Gasteiger charge is -2.88. The van der Waals surface area contributed by atoms with E-state index in [1.165, 1.54) is 12.8 Å². The highest BCUT2D eigenvalue weighted by Crippen LogP contribution is 2.99. The van der Waals surface area contributed by atoms with Crippen molar-refractivity contribution >= 4 is 0 Å². The summed E-state index contributed by atoms with van der Waals surface area (Å²) in [4.78, 5) is 0. The molecular formula is C31H58. The van der Waals surface area contributed by atoms with Gasteiger partial charge in [-0.1, -0.05) is 125 Å². The first-order valence-electron chi connectivity index (χ1n) is 13.3. The molecule has 3 aliphatic carbocycles. The van der Waals surface area contributed by atoms with Crippen LogP contribution in [0.2, 0.25) is 0 Å². The molecule has 3 fully saturated rings. The molecule has 0 spiro atoms. The first kappa shape index (κ1) is 25.6. The summed E-state index contributed by atoms with van der Waals surface area (Å²) in [6.45, 7) is 47.2. The SMILES string of the molecule is CCC12CC(C)(C(C)(C)C1(C)C(C)(C)C)C(C)(C)C2(C)C1(C)C(C)(C)C(C)(C)C1(C)C. The fourth-order valence-corrected chi connectivity index (χ4v) is 12.6. The number of hydrogen-bond acceptors (Lipinski definition) is 0. The van der Waals surface area contributed by atoms with E-state index in [2.05, 4.69) is 125 Å². The molecule has 3 saturated carbocycles. The van der Waals surface area contributed by atoms with Crippen LogP contribution in [0.4, 0.5) is 0 Å². The third-order valence-corrected chi connectivity index (χ3v) is 16.6. The van der Waals surface area contributed by atoms with Crippen molar-refractivity contribution in [3.63, 3.8) is 0 Å². The predicted octanol–water partition coefficient (Wildman–Crippen LogP) is 10.0. The average Bonchev–Trinajstić information content (AvgIpc) is 2.85. The quantitative estimate of drug-likeness (QED) is 0.408. The standard InChI is InChI=1S/C31H58/c1-19-31-20-27(15,25(11,12)28(31,16)21(2,3)4)26(13,14)30(31,18)29(17)23(7,8)22(5,6)24(29,9)10/h19-20H2,1-18H3. The largest absolute Gasteiger partial charge is 0.0648 e. The zero-order valence-corrected chi connectivity index (χ0v) is 24.9. The maximum absolute atomic E-state index is 2.78. The monoisotopic (exact) mass is 430 g/mol. The summed E-state index contributed by atoms with van der Waals surface area (Å²) < 4.78 is 0. The van der Waals surface area contributed by atoms with E-state index in [4.69, 9.17) is 0 Å². The second kappa shape index (κ2) is 5.46. The van der Waals surface area contributed by atoms with E-state index in [1.54, 1.807) is 0 Å². The highest BCUT2D eigenvalue weighted by atomic mass is 15.0. The number of rotatable bonds is 2. The third kappa shape index (κ3) is 1.72. The van der Waals surface area contributed by atoms with Crippen LogP contribution >= 0.6 is 0 Å². The lowest BCUT2D eigenvalue weighted by atomic mass is 9.16. The van der Waals surface area contributed by atoms with Gasteiger partial charge in [0, 0.05) is 0 Å². The van der Waals surface area contributed by atoms with Gasteiger partial charge >= 0.3 is 0 Å². The first-order chi connectivity index (χ1) is 13.3. The molecule has 31 heavy (non-hydrogen) atoms. The van der Waals surface area contributed by atoms with Crippen LogP contribution in [-0.2, 0) is 0 Å². The van der Waals surface area contributed by atoms with Crippen LogP contribution < -0.4 is 0 Å². The summed E-state index contributed by atoms with van der Waals surface area (Å²) in [7, 11) is 0. The van der Waals surface area contributed by atoms with Crippen LogP contribution in [0.25, 0.3) is 0 Å². The topological polar surface area (TPSA) is 0 Å². The van der Waals surface area contributed by atoms with Crippen molar-refractivity contribution in [3.05, 3.63) is 0 Å². The Bertz CT molecular complexity index is 778. The summed E-state index contributed by atoms with van der Waals surface area (Å²) >= 11 is 0. The minimum Gasteiger partial charge on any atom is -0.0648 e. The molecule has 0 aromatic heterocycles. The summed E-state index contributed by atoms with van der Waals surface area (Å²) in [5.41, 5.74) is 2.86. The van der Waals surface area contributed by atoms with Gasteiger partial charge in [0.05, 0.1) is 0 Å². The third-order valence-electron chi connectivity index (χ3n) is 16.6. The molecule has 0 saturated heterocycles. The van der Waals surface area contributed by atoms with E-state index in [0.717, 1.165) is 0 Å². The molecule has 0 radical (unpaired) electrons. The van der Waals surface area contributed by atoms with Crippen molar-refractivity contribution in [2.75, 3.05) is 0 Å².